The first-order valence-corrected chi connectivity index (χ1v) is 3.77. The Bertz CT molecular complexity index is 246. The van der Waals surface area contributed by atoms with Crippen LogP contribution in [0.5, 0.6) is 0 Å². The van der Waals surface area contributed by atoms with E-state index in [2.05, 4.69) is 0 Å². The SMILES string of the molecule is O=C(O)CC(O)(CC(=O)O)C(=O)O.[O]=[Fe]. The third-order valence-corrected chi connectivity index (χ3v) is 1.29. The molecule has 0 heterocycles. The van der Waals surface area contributed by atoms with Crippen LogP contribution in [0.25, 0.3) is 0 Å². The van der Waals surface area contributed by atoms with E-state index in [9.17, 15) is 14.4 Å². The molecule has 0 aliphatic heterocycles. The molecule has 0 atom stereocenters. The molecule has 0 fully saturated rings. The molecule has 0 aromatic rings. The van der Waals surface area contributed by atoms with Crippen molar-refractivity contribution in [2.24, 2.45) is 0 Å². The van der Waals surface area contributed by atoms with E-state index in [0.29, 0.717) is 0 Å². The summed E-state index contributed by atoms with van der Waals surface area (Å²) in [4.78, 5) is 30.5. The molecular weight excluding hydrogens is 256 g/mol. The van der Waals surface area contributed by atoms with Gasteiger partial charge in [-0.3, -0.25) is 9.59 Å². The van der Waals surface area contributed by atoms with Crippen molar-refractivity contribution in [2.45, 2.75) is 18.4 Å². The van der Waals surface area contributed by atoms with E-state index in [1.54, 1.807) is 0 Å². The van der Waals surface area contributed by atoms with Crippen molar-refractivity contribution < 1.29 is 54.6 Å². The van der Waals surface area contributed by atoms with Crippen LogP contribution in [0.15, 0.2) is 0 Å². The van der Waals surface area contributed by atoms with Crippen molar-refractivity contribution in [3.8, 4) is 0 Å². The molecular formula is C6H8FeO8. The van der Waals surface area contributed by atoms with Crippen LogP contribution >= 0.6 is 0 Å². The van der Waals surface area contributed by atoms with Gasteiger partial charge < -0.3 is 20.4 Å². The molecule has 0 saturated carbocycles. The molecule has 0 bridgehead atoms. The van der Waals surface area contributed by atoms with E-state index < -0.39 is 36.4 Å². The minimum atomic E-state index is -2.74. The number of hydrogen-bond donors (Lipinski definition) is 4. The summed E-state index contributed by atoms with van der Waals surface area (Å²) in [7, 11) is 0. The summed E-state index contributed by atoms with van der Waals surface area (Å²) in [5, 5.41) is 33.8. The number of carboxylic acid groups (broad SMARTS) is 3. The molecule has 0 saturated heterocycles. The van der Waals surface area contributed by atoms with Gasteiger partial charge >= 0.3 is 37.7 Å². The first-order valence-electron chi connectivity index (χ1n) is 3.32. The second-order valence-electron chi connectivity index (χ2n) is 2.48. The van der Waals surface area contributed by atoms with Gasteiger partial charge in [-0.1, -0.05) is 0 Å². The van der Waals surface area contributed by atoms with Gasteiger partial charge in [0, 0.05) is 0 Å². The third kappa shape index (κ3) is 6.72. The Morgan fingerprint density at radius 1 is 0.933 bits per heavy atom. The number of carboxylic acids is 3. The van der Waals surface area contributed by atoms with Gasteiger partial charge in [0.15, 0.2) is 5.60 Å². The molecule has 9 heteroatoms. The van der Waals surface area contributed by atoms with Crippen LogP contribution < -0.4 is 0 Å². The molecule has 15 heavy (non-hydrogen) atoms. The average molecular weight is 264 g/mol. The zero-order valence-electron chi connectivity index (χ0n) is 7.19. The summed E-state index contributed by atoms with van der Waals surface area (Å²) < 4.78 is 8.00. The van der Waals surface area contributed by atoms with Gasteiger partial charge in [-0.05, 0) is 0 Å². The van der Waals surface area contributed by atoms with E-state index in [1.165, 1.54) is 0 Å². The molecule has 0 unspecified atom stereocenters. The third-order valence-electron chi connectivity index (χ3n) is 1.29. The standard InChI is InChI=1S/C6H8O7.Fe.O/c7-3(8)1-6(13,5(11)12)2-4(9)10;;/h13H,1-2H2,(H,7,8)(H,9,10)(H,11,12);;. The molecule has 0 aromatic carbocycles. The van der Waals surface area contributed by atoms with Crippen LogP contribution in [0.2, 0.25) is 0 Å². The number of aliphatic carboxylic acids is 3. The predicted octanol–water partition coefficient (Wildman–Crippen LogP) is -1.37. The monoisotopic (exact) mass is 264 g/mol. The molecule has 0 aromatic heterocycles. The van der Waals surface area contributed by atoms with Crippen molar-refractivity contribution in [1.29, 1.82) is 0 Å². The first kappa shape index (κ1) is 16.1. The molecule has 0 rings (SSSR count). The number of rotatable bonds is 5. The number of carbonyl (C=O) groups is 3. The fourth-order valence-corrected chi connectivity index (χ4v) is 0.714. The van der Waals surface area contributed by atoms with Crippen molar-refractivity contribution in [1.82, 2.24) is 0 Å². The van der Waals surface area contributed by atoms with Crippen LogP contribution in [0.4, 0.5) is 0 Å². The Kier molecular flexibility index (Phi) is 7.58. The number of hydrogen-bond acceptors (Lipinski definition) is 5. The molecule has 0 aliphatic rings. The fraction of sp³-hybridized carbons (Fsp3) is 0.500. The van der Waals surface area contributed by atoms with Crippen LogP contribution in [0, 0.1) is 0 Å². The van der Waals surface area contributed by atoms with E-state index in [1.807, 2.05) is 15.9 Å². The van der Waals surface area contributed by atoms with Crippen LogP contribution in [0.1, 0.15) is 12.8 Å². The Balaban J connectivity index is 0. The Morgan fingerprint density at radius 2 is 1.20 bits per heavy atom. The molecule has 4 N–H and O–H groups in total. The van der Waals surface area contributed by atoms with Crippen molar-refractivity contribution in [3.63, 3.8) is 0 Å². The molecule has 0 amide bonds. The van der Waals surface area contributed by atoms with Gasteiger partial charge in [0.25, 0.3) is 0 Å². The first-order chi connectivity index (χ1) is 6.78. The summed E-state index contributed by atoms with van der Waals surface area (Å²) in [5.41, 5.74) is -2.74. The zero-order valence-corrected chi connectivity index (χ0v) is 8.29. The Morgan fingerprint density at radius 3 is 1.33 bits per heavy atom. The van der Waals surface area contributed by atoms with Crippen LogP contribution in [-0.2, 0) is 34.2 Å². The van der Waals surface area contributed by atoms with Gasteiger partial charge in [-0.15, -0.1) is 0 Å². The molecule has 8 nitrogen and oxygen atoms in total. The van der Waals surface area contributed by atoms with Gasteiger partial charge in [0.05, 0.1) is 12.8 Å². The second kappa shape index (κ2) is 7.04. The Hall–Kier alpha value is -1.31. The summed E-state index contributed by atoms with van der Waals surface area (Å²) in [6, 6.07) is 0. The maximum atomic E-state index is 10.3. The summed E-state index contributed by atoms with van der Waals surface area (Å²) in [6.45, 7) is 0. The van der Waals surface area contributed by atoms with Gasteiger partial charge in [0.1, 0.15) is 0 Å². The summed E-state index contributed by atoms with van der Waals surface area (Å²) >= 11 is 2.00. The second-order valence-corrected chi connectivity index (χ2v) is 2.48. The topological polar surface area (TPSA) is 149 Å². The average Bonchev–Trinajstić information content (AvgIpc) is 2.04. The van der Waals surface area contributed by atoms with E-state index in [0.717, 1.165) is 0 Å². The van der Waals surface area contributed by atoms with Gasteiger partial charge in [0.2, 0.25) is 0 Å². The molecule has 0 radical (unpaired) electrons. The fourth-order valence-electron chi connectivity index (χ4n) is 0.714. The predicted molar refractivity (Wildman–Crippen MR) is 37.8 cm³/mol. The molecule has 0 spiro atoms. The molecule has 0 aliphatic carbocycles. The summed E-state index contributed by atoms with van der Waals surface area (Å²) in [6.07, 6.45) is -2.29. The normalized spacial score (nSPS) is 9.73. The Labute approximate surface area is 91.5 Å². The van der Waals surface area contributed by atoms with Crippen LogP contribution in [0.3, 0.4) is 0 Å². The van der Waals surface area contributed by atoms with E-state index in [4.69, 9.17) is 24.3 Å². The number of aliphatic hydroxyl groups is 1. The summed E-state index contributed by atoms with van der Waals surface area (Å²) in [5.74, 6) is -5.02. The van der Waals surface area contributed by atoms with E-state index in [-0.39, 0.29) is 0 Å². The van der Waals surface area contributed by atoms with Crippen molar-refractivity contribution in [3.05, 3.63) is 0 Å². The van der Waals surface area contributed by atoms with Crippen LogP contribution in [-0.4, -0.2) is 43.9 Å². The van der Waals surface area contributed by atoms with Crippen molar-refractivity contribution in [2.75, 3.05) is 0 Å². The van der Waals surface area contributed by atoms with E-state index >= 15 is 0 Å². The zero-order chi connectivity index (χ0) is 12.6. The maximum absolute atomic E-state index is 10.3. The molecule has 88 valence electrons. The van der Waals surface area contributed by atoms with Gasteiger partial charge in [-0.2, -0.15) is 0 Å². The minimum absolute atomic E-state index is 1.14. The van der Waals surface area contributed by atoms with Crippen molar-refractivity contribution >= 4 is 17.9 Å². The quantitative estimate of drug-likeness (QED) is 0.444. The van der Waals surface area contributed by atoms with Gasteiger partial charge in [-0.25, -0.2) is 4.79 Å².